The van der Waals surface area contributed by atoms with Crippen LogP contribution in [0, 0.1) is 6.92 Å². The smallest absolute Gasteiger partial charge is 0.252 e. The van der Waals surface area contributed by atoms with Gasteiger partial charge in [0, 0.05) is 55.9 Å². The summed E-state index contributed by atoms with van der Waals surface area (Å²) in [4.78, 5) is 24.1. The molecule has 0 radical (unpaired) electrons. The Balaban J connectivity index is 1.41. The number of pyridine rings is 1. The van der Waals surface area contributed by atoms with E-state index in [1.807, 2.05) is 40.9 Å². The molecular weight excluding hydrogens is 417 g/mol. The van der Waals surface area contributed by atoms with Gasteiger partial charge in [0.05, 0.1) is 22.2 Å². The second-order valence-electron chi connectivity index (χ2n) is 8.27. The maximum absolute atomic E-state index is 13.0. The highest BCUT2D eigenvalue weighted by molar-refractivity contribution is 7.51. The van der Waals surface area contributed by atoms with Gasteiger partial charge >= 0.3 is 0 Å². The first-order valence-electron chi connectivity index (χ1n) is 10.2. The van der Waals surface area contributed by atoms with Crippen molar-refractivity contribution in [1.29, 1.82) is 0 Å². The molecule has 1 amide bonds. The van der Waals surface area contributed by atoms with Gasteiger partial charge in [0.15, 0.2) is 5.65 Å². The number of rotatable bonds is 2. The fourth-order valence-corrected chi connectivity index (χ4v) is 5.85. The van der Waals surface area contributed by atoms with Crippen molar-refractivity contribution >= 4 is 37.1 Å². The number of aryl methyl sites for hydroxylation is 1. The van der Waals surface area contributed by atoms with Crippen LogP contribution in [0.5, 0.6) is 0 Å². The molecule has 0 N–H and O–H groups in total. The van der Waals surface area contributed by atoms with E-state index in [1.54, 1.807) is 6.08 Å². The van der Waals surface area contributed by atoms with Crippen molar-refractivity contribution in [2.75, 3.05) is 26.7 Å². The topological polar surface area (TPSA) is 44.1 Å². The van der Waals surface area contributed by atoms with Crippen LogP contribution in [0.25, 0.3) is 11.0 Å². The van der Waals surface area contributed by atoms with Gasteiger partial charge in [-0.2, -0.15) is 0 Å². The molecular formula is C22H25ClN5OP. The van der Waals surface area contributed by atoms with E-state index >= 15 is 0 Å². The van der Waals surface area contributed by atoms with Crippen molar-refractivity contribution in [3.8, 4) is 0 Å². The van der Waals surface area contributed by atoms with E-state index in [4.69, 9.17) is 11.6 Å². The number of fused-ring (bicyclic) bond motifs is 2. The minimum absolute atomic E-state index is 0.0239. The predicted octanol–water partition coefficient (Wildman–Crippen LogP) is 3.53. The van der Waals surface area contributed by atoms with E-state index in [2.05, 4.69) is 40.9 Å². The first kappa shape index (κ1) is 19.8. The number of imidazole rings is 1. The molecule has 6 nitrogen and oxygen atoms in total. The van der Waals surface area contributed by atoms with Gasteiger partial charge in [0.25, 0.3) is 5.91 Å². The minimum atomic E-state index is 0.0239. The number of hydrogen-bond acceptors (Lipinski definition) is 4. The average molecular weight is 442 g/mol. The van der Waals surface area contributed by atoms with Gasteiger partial charge in [-0.05, 0) is 38.4 Å². The second kappa shape index (κ2) is 7.52. The third kappa shape index (κ3) is 3.47. The van der Waals surface area contributed by atoms with Crippen LogP contribution in [-0.2, 0) is 4.79 Å². The summed E-state index contributed by atoms with van der Waals surface area (Å²) >= 11 is 6.46. The molecule has 0 spiro atoms. The number of likely N-dealkylation sites (N-methyl/N-ethyl adjacent to an activating group) is 1. The van der Waals surface area contributed by atoms with Crippen molar-refractivity contribution in [2.24, 2.45) is 0 Å². The van der Waals surface area contributed by atoms with Gasteiger partial charge in [-0.1, -0.05) is 26.3 Å². The highest BCUT2D eigenvalue weighted by Crippen LogP contribution is 2.45. The monoisotopic (exact) mass is 441 g/mol. The van der Waals surface area contributed by atoms with E-state index in [-0.39, 0.29) is 11.7 Å². The Morgan fingerprint density at radius 3 is 2.90 bits per heavy atom. The molecule has 0 saturated carbocycles. The van der Waals surface area contributed by atoms with E-state index in [9.17, 15) is 4.79 Å². The van der Waals surface area contributed by atoms with Crippen molar-refractivity contribution in [2.45, 2.75) is 25.7 Å². The molecule has 8 heteroatoms. The Morgan fingerprint density at radius 2 is 2.10 bits per heavy atom. The highest BCUT2D eigenvalue weighted by Gasteiger charge is 2.31. The van der Waals surface area contributed by atoms with Crippen LogP contribution in [0.1, 0.15) is 18.2 Å². The first-order chi connectivity index (χ1) is 14.4. The number of carbonyl (C=O) groups is 1. The van der Waals surface area contributed by atoms with Crippen LogP contribution in [0.4, 0.5) is 0 Å². The number of piperazine rings is 1. The molecule has 156 valence electrons. The van der Waals surface area contributed by atoms with E-state index < -0.39 is 0 Å². The molecule has 2 aromatic rings. The lowest BCUT2D eigenvalue weighted by Crippen LogP contribution is -2.50. The van der Waals surface area contributed by atoms with Crippen LogP contribution >= 0.6 is 20.2 Å². The number of aromatic nitrogens is 2. The summed E-state index contributed by atoms with van der Waals surface area (Å²) in [6.07, 6.45) is 12.1. The first-order valence-corrected chi connectivity index (χ1v) is 11.7. The number of allylic oxidation sites excluding steroid dienone is 1. The third-order valence-corrected chi connectivity index (χ3v) is 7.90. The summed E-state index contributed by atoms with van der Waals surface area (Å²) in [5, 5.41) is 1.64. The zero-order valence-electron chi connectivity index (χ0n) is 17.3. The molecule has 3 atom stereocenters. The van der Waals surface area contributed by atoms with Gasteiger partial charge in [-0.25, -0.2) is 4.98 Å². The third-order valence-electron chi connectivity index (χ3n) is 6.11. The molecule has 0 bridgehead atoms. The maximum atomic E-state index is 13.0. The minimum Gasteiger partial charge on any atom is -0.368 e. The number of amides is 1. The summed E-state index contributed by atoms with van der Waals surface area (Å²) < 4.78 is 1.94. The van der Waals surface area contributed by atoms with Crippen LogP contribution in [0.2, 0.25) is 5.02 Å². The highest BCUT2D eigenvalue weighted by atomic mass is 35.5. The SMILES string of the molecule is Cc1cn2cc(C3=CC(=O)N4C=C(N5CCN(C)[C@@H](C)C5)C=CC4P3)cc(Cl)c2n1. The summed E-state index contributed by atoms with van der Waals surface area (Å²) in [6.45, 7) is 7.19. The van der Waals surface area contributed by atoms with Gasteiger partial charge in [-0.3, -0.25) is 4.79 Å². The van der Waals surface area contributed by atoms with Crippen LogP contribution in [0.3, 0.4) is 0 Å². The summed E-state index contributed by atoms with van der Waals surface area (Å²) in [5.41, 5.74) is 3.77. The number of carbonyl (C=O) groups excluding carboxylic acids is 1. The van der Waals surface area contributed by atoms with Crippen molar-refractivity contribution in [3.05, 3.63) is 64.9 Å². The predicted molar refractivity (Wildman–Crippen MR) is 123 cm³/mol. The lowest BCUT2D eigenvalue weighted by Gasteiger charge is -2.42. The number of hydrogen-bond donors (Lipinski definition) is 0. The molecule has 30 heavy (non-hydrogen) atoms. The van der Waals surface area contributed by atoms with Crippen LogP contribution in [-0.4, -0.2) is 68.5 Å². The standard InChI is InChI=1S/C22H25ClN5OP/c1-14-10-27-12-16(8-18(23)22(27)24-14)19-9-20(29)28-13-17(4-5-21(28)30-19)26-7-6-25(3)15(2)11-26/h4-5,8-10,12-13,15,21,30H,6-7,11H2,1-3H3/t15-,21?/m0/s1. The fourth-order valence-electron chi connectivity index (χ4n) is 4.23. The van der Waals surface area contributed by atoms with Crippen molar-refractivity contribution < 1.29 is 4.79 Å². The quantitative estimate of drug-likeness (QED) is 0.669. The molecule has 0 aromatic carbocycles. The summed E-state index contributed by atoms with van der Waals surface area (Å²) in [5.74, 6) is 0.0842. The van der Waals surface area contributed by atoms with Crippen LogP contribution < -0.4 is 0 Å². The lowest BCUT2D eigenvalue weighted by molar-refractivity contribution is -0.123. The van der Waals surface area contributed by atoms with Crippen molar-refractivity contribution in [1.82, 2.24) is 24.1 Å². The fraction of sp³-hybridized carbons (Fsp3) is 0.364. The zero-order valence-corrected chi connectivity index (χ0v) is 19.1. The van der Waals surface area contributed by atoms with Gasteiger partial charge in [0.2, 0.25) is 0 Å². The maximum Gasteiger partial charge on any atom is 0.252 e. The van der Waals surface area contributed by atoms with Crippen LogP contribution in [0.15, 0.2) is 48.6 Å². The molecule has 5 rings (SSSR count). The Hall–Kier alpha value is -2.14. The molecule has 3 aliphatic rings. The van der Waals surface area contributed by atoms with Crippen molar-refractivity contribution in [3.63, 3.8) is 0 Å². The Labute approximate surface area is 183 Å². The Kier molecular flexibility index (Phi) is 4.97. The normalized spacial score (nSPS) is 25.7. The van der Waals surface area contributed by atoms with E-state index in [0.29, 0.717) is 19.6 Å². The van der Waals surface area contributed by atoms with Gasteiger partial charge < -0.3 is 19.1 Å². The van der Waals surface area contributed by atoms with Gasteiger partial charge in [-0.15, -0.1) is 0 Å². The summed E-state index contributed by atoms with van der Waals surface area (Å²) in [7, 11) is 2.63. The van der Waals surface area contributed by atoms with E-state index in [1.165, 1.54) is 0 Å². The molecule has 1 fully saturated rings. The molecule has 1 saturated heterocycles. The average Bonchev–Trinajstić information content (AvgIpc) is 3.10. The number of halogens is 1. The molecule has 5 heterocycles. The summed E-state index contributed by atoms with van der Waals surface area (Å²) in [6, 6.07) is 2.42. The molecule has 0 aliphatic carbocycles. The lowest BCUT2D eigenvalue weighted by atomic mass is 10.1. The van der Waals surface area contributed by atoms with Gasteiger partial charge in [0.1, 0.15) is 0 Å². The Morgan fingerprint density at radius 1 is 1.27 bits per heavy atom. The zero-order chi connectivity index (χ0) is 21.0. The molecule has 2 aromatic heterocycles. The number of nitrogens with zero attached hydrogens (tertiary/aromatic N) is 5. The largest absolute Gasteiger partial charge is 0.368 e. The Bertz CT molecular complexity index is 1120. The van der Waals surface area contributed by atoms with E-state index in [0.717, 1.165) is 47.6 Å². The second-order valence-corrected chi connectivity index (χ2v) is 10.1. The molecule has 3 aliphatic heterocycles. The molecule has 2 unspecified atom stereocenters.